The number of rotatable bonds is 7. The van der Waals surface area contributed by atoms with Crippen molar-refractivity contribution in [3.05, 3.63) is 65.2 Å². The quantitative estimate of drug-likeness (QED) is 0.772. The van der Waals surface area contributed by atoms with Gasteiger partial charge in [0, 0.05) is 35.6 Å². The van der Waals surface area contributed by atoms with Crippen LogP contribution in [0.1, 0.15) is 52.0 Å². The van der Waals surface area contributed by atoms with Gasteiger partial charge in [-0.1, -0.05) is 24.3 Å². The molecular weight excluding hydrogens is 314 g/mol. The molecule has 0 heterocycles. The van der Waals surface area contributed by atoms with E-state index in [9.17, 15) is 14.4 Å². The maximum atomic E-state index is 12.2. The number of carbonyl (C=O) groups is 3. The standard InChI is InChI=1S/C21H21NO3/c1-14-4-2-3-5-18(14)19(23)12-13-20(24)22-17-10-8-16(9-11-17)21(25)15-6-7-15/h2-5,8-11,15H,6-7,12-13H2,1H3,(H,22,24). The molecule has 0 bridgehead atoms. The molecule has 0 radical (unpaired) electrons. The van der Waals surface area contributed by atoms with Gasteiger partial charge in [-0.2, -0.15) is 0 Å². The van der Waals surface area contributed by atoms with Crippen molar-refractivity contribution in [3.8, 4) is 0 Å². The summed E-state index contributed by atoms with van der Waals surface area (Å²) in [5, 5.41) is 2.77. The third-order valence-corrected chi connectivity index (χ3v) is 4.43. The van der Waals surface area contributed by atoms with Crippen LogP contribution in [0.25, 0.3) is 0 Å². The van der Waals surface area contributed by atoms with Gasteiger partial charge in [0.1, 0.15) is 0 Å². The minimum absolute atomic E-state index is 0.0290. The first kappa shape index (κ1) is 17.1. The molecule has 0 saturated heterocycles. The molecule has 128 valence electrons. The van der Waals surface area contributed by atoms with Crippen LogP contribution in [0.4, 0.5) is 5.69 Å². The number of nitrogens with one attached hydrogen (secondary N) is 1. The lowest BCUT2D eigenvalue weighted by Crippen LogP contribution is -2.14. The second kappa shape index (κ2) is 7.43. The van der Waals surface area contributed by atoms with Crippen LogP contribution in [-0.2, 0) is 4.79 Å². The Bertz CT molecular complexity index is 804. The first-order chi connectivity index (χ1) is 12.0. The number of anilines is 1. The lowest BCUT2D eigenvalue weighted by Gasteiger charge is -2.07. The van der Waals surface area contributed by atoms with E-state index in [4.69, 9.17) is 0 Å². The average molecular weight is 335 g/mol. The molecule has 1 saturated carbocycles. The minimum atomic E-state index is -0.205. The number of benzene rings is 2. The Morgan fingerprint density at radius 2 is 1.64 bits per heavy atom. The number of Topliss-reactive ketones (excluding diaryl/α,β-unsaturated/α-hetero) is 2. The average Bonchev–Trinajstić information content (AvgIpc) is 3.45. The Morgan fingerprint density at radius 3 is 2.28 bits per heavy atom. The summed E-state index contributed by atoms with van der Waals surface area (Å²) in [5.41, 5.74) is 2.91. The van der Waals surface area contributed by atoms with Crippen LogP contribution in [0, 0.1) is 12.8 Å². The van der Waals surface area contributed by atoms with Crippen LogP contribution in [0.2, 0.25) is 0 Å². The molecule has 25 heavy (non-hydrogen) atoms. The Hall–Kier alpha value is -2.75. The molecule has 3 rings (SSSR count). The lowest BCUT2D eigenvalue weighted by atomic mass is 10.0. The topological polar surface area (TPSA) is 63.2 Å². The molecule has 0 atom stereocenters. The van der Waals surface area contributed by atoms with Gasteiger partial charge in [-0.05, 0) is 49.6 Å². The predicted octanol–water partition coefficient (Wildman–Crippen LogP) is 4.19. The summed E-state index contributed by atoms with van der Waals surface area (Å²) in [7, 11) is 0. The van der Waals surface area contributed by atoms with Crippen molar-refractivity contribution >= 4 is 23.2 Å². The summed E-state index contributed by atoms with van der Waals surface area (Å²) in [5.74, 6) is 0.136. The normalized spacial score (nSPS) is 13.3. The van der Waals surface area contributed by atoms with Gasteiger partial charge in [0.25, 0.3) is 0 Å². The molecular formula is C21H21NO3. The molecule has 2 aromatic carbocycles. The van der Waals surface area contributed by atoms with E-state index in [-0.39, 0.29) is 36.2 Å². The Balaban J connectivity index is 1.51. The van der Waals surface area contributed by atoms with Gasteiger partial charge in [-0.3, -0.25) is 14.4 Å². The zero-order valence-electron chi connectivity index (χ0n) is 14.2. The first-order valence-electron chi connectivity index (χ1n) is 8.57. The van der Waals surface area contributed by atoms with E-state index >= 15 is 0 Å². The predicted molar refractivity (Wildman–Crippen MR) is 96.9 cm³/mol. The molecule has 1 amide bonds. The summed E-state index contributed by atoms with van der Waals surface area (Å²) in [4.78, 5) is 36.2. The highest BCUT2D eigenvalue weighted by Gasteiger charge is 2.30. The highest BCUT2D eigenvalue weighted by Crippen LogP contribution is 2.32. The molecule has 1 N–H and O–H groups in total. The molecule has 2 aromatic rings. The molecule has 0 unspecified atom stereocenters. The van der Waals surface area contributed by atoms with Crippen molar-refractivity contribution in [1.29, 1.82) is 0 Å². The maximum Gasteiger partial charge on any atom is 0.224 e. The van der Waals surface area contributed by atoms with Crippen molar-refractivity contribution in [2.24, 2.45) is 5.92 Å². The van der Waals surface area contributed by atoms with Gasteiger partial charge in [0.2, 0.25) is 5.91 Å². The van der Waals surface area contributed by atoms with Gasteiger partial charge in [0.15, 0.2) is 11.6 Å². The number of carbonyl (C=O) groups excluding carboxylic acids is 3. The Morgan fingerprint density at radius 1 is 0.960 bits per heavy atom. The molecule has 1 aliphatic rings. The molecule has 0 spiro atoms. The molecule has 0 aromatic heterocycles. The lowest BCUT2D eigenvalue weighted by molar-refractivity contribution is -0.116. The maximum absolute atomic E-state index is 12.2. The summed E-state index contributed by atoms with van der Waals surface area (Å²) in [6.07, 6.45) is 2.27. The minimum Gasteiger partial charge on any atom is -0.326 e. The van der Waals surface area contributed by atoms with E-state index in [0.29, 0.717) is 16.8 Å². The third kappa shape index (κ3) is 4.41. The number of ketones is 2. The van der Waals surface area contributed by atoms with Crippen LogP contribution in [0.15, 0.2) is 48.5 Å². The highest BCUT2D eigenvalue weighted by molar-refractivity contribution is 6.01. The molecule has 4 heteroatoms. The fourth-order valence-corrected chi connectivity index (χ4v) is 2.77. The zero-order valence-corrected chi connectivity index (χ0v) is 14.2. The summed E-state index contributed by atoms with van der Waals surface area (Å²) in [6, 6.07) is 14.3. The van der Waals surface area contributed by atoms with Gasteiger partial charge < -0.3 is 5.32 Å². The SMILES string of the molecule is Cc1ccccc1C(=O)CCC(=O)Nc1ccc(C(=O)C2CC2)cc1. The van der Waals surface area contributed by atoms with E-state index in [0.717, 1.165) is 18.4 Å². The second-order valence-corrected chi connectivity index (χ2v) is 6.50. The second-order valence-electron chi connectivity index (χ2n) is 6.50. The highest BCUT2D eigenvalue weighted by atomic mass is 16.2. The van der Waals surface area contributed by atoms with E-state index < -0.39 is 0 Å². The van der Waals surface area contributed by atoms with Crippen molar-refractivity contribution in [2.45, 2.75) is 32.6 Å². The fraction of sp³-hybridized carbons (Fsp3) is 0.286. The van der Waals surface area contributed by atoms with Gasteiger partial charge in [-0.25, -0.2) is 0 Å². The van der Waals surface area contributed by atoms with Gasteiger partial charge >= 0.3 is 0 Å². The zero-order chi connectivity index (χ0) is 17.8. The van der Waals surface area contributed by atoms with Gasteiger partial charge in [0.05, 0.1) is 0 Å². The van der Waals surface area contributed by atoms with Crippen LogP contribution >= 0.6 is 0 Å². The monoisotopic (exact) mass is 335 g/mol. The molecule has 4 nitrogen and oxygen atoms in total. The van der Waals surface area contributed by atoms with Gasteiger partial charge in [-0.15, -0.1) is 0 Å². The molecule has 1 aliphatic carbocycles. The summed E-state index contributed by atoms with van der Waals surface area (Å²) in [6.45, 7) is 1.89. The number of hydrogen-bond acceptors (Lipinski definition) is 3. The van der Waals surface area contributed by atoms with Crippen LogP contribution < -0.4 is 5.32 Å². The smallest absolute Gasteiger partial charge is 0.224 e. The number of hydrogen-bond donors (Lipinski definition) is 1. The number of aryl methyl sites for hydroxylation is 1. The first-order valence-corrected chi connectivity index (χ1v) is 8.57. The third-order valence-electron chi connectivity index (χ3n) is 4.43. The largest absolute Gasteiger partial charge is 0.326 e. The van der Waals surface area contributed by atoms with E-state index in [1.807, 2.05) is 25.1 Å². The van der Waals surface area contributed by atoms with Crippen molar-refractivity contribution in [3.63, 3.8) is 0 Å². The van der Waals surface area contributed by atoms with Crippen molar-refractivity contribution < 1.29 is 14.4 Å². The Labute approximate surface area is 147 Å². The van der Waals surface area contributed by atoms with Crippen molar-refractivity contribution in [1.82, 2.24) is 0 Å². The molecule has 0 aliphatic heterocycles. The fourth-order valence-electron chi connectivity index (χ4n) is 2.77. The van der Waals surface area contributed by atoms with Crippen LogP contribution in [-0.4, -0.2) is 17.5 Å². The number of amides is 1. The molecule has 1 fully saturated rings. The summed E-state index contributed by atoms with van der Waals surface area (Å²) < 4.78 is 0. The summed E-state index contributed by atoms with van der Waals surface area (Å²) >= 11 is 0. The Kier molecular flexibility index (Phi) is 5.08. The van der Waals surface area contributed by atoms with Crippen molar-refractivity contribution in [2.75, 3.05) is 5.32 Å². The van der Waals surface area contributed by atoms with E-state index in [1.165, 1.54) is 0 Å². The van der Waals surface area contributed by atoms with Crippen LogP contribution in [0.3, 0.4) is 0 Å². The van der Waals surface area contributed by atoms with E-state index in [1.54, 1.807) is 30.3 Å². The van der Waals surface area contributed by atoms with E-state index in [2.05, 4.69) is 5.32 Å². The van der Waals surface area contributed by atoms with Crippen LogP contribution in [0.5, 0.6) is 0 Å².